The number of nitrogens with two attached hydrogens (primary N) is 1. The summed E-state index contributed by atoms with van der Waals surface area (Å²) in [6.45, 7) is 0. The third kappa shape index (κ3) is 2.19. The molecular weight excluding hydrogens is 224 g/mol. The van der Waals surface area contributed by atoms with Crippen molar-refractivity contribution in [3.63, 3.8) is 0 Å². The van der Waals surface area contributed by atoms with Gasteiger partial charge in [0.05, 0.1) is 0 Å². The van der Waals surface area contributed by atoms with Crippen molar-refractivity contribution < 1.29 is 0 Å². The maximum atomic E-state index is 7.30. The number of hydrogen-bond acceptors (Lipinski definition) is 5. The average Bonchev–Trinajstić information content (AvgIpc) is 2.65. The molecule has 6 nitrogen and oxygen atoms in total. The molecule has 2 aromatic rings. The van der Waals surface area contributed by atoms with Crippen molar-refractivity contribution in [1.29, 1.82) is 5.41 Å². The number of rotatable bonds is 3. The molecule has 0 aromatic carbocycles. The molecule has 0 amide bonds. The third-order valence-electron chi connectivity index (χ3n) is 1.87. The zero-order valence-electron chi connectivity index (χ0n) is 8.58. The fraction of sp³-hybridized carbons (Fsp3) is 0.111. The SMILES string of the molecule is Cn1cnnc1Sc1cccc(C(=N)N)n1. The quantitative estimate of drug-likeness (QED) is 0.600. The predicted molar refractivity (Wildman–Crippen MR) is 60.4 cm³/mol. The van der Waals surface area contributed by atoms with Gasteiger partial charge in [0.15, 0.2) is 5.16 Å². The van der Waals surface area contributed by atoms with E-state index in [-0.39, 0.29) is 5.84 Å². The summed E-state index contributed by atoms with van der Waals surface area (Å²) >= 11 is 1.38. The van der Waals surface area contributed by atoms with Gasteiger partial charge in [0, 0.05) is 7.05 Å². The van der Waals surface area contributed by atoms with Crippen molar-refractivity contribution in [1.82, 2.24) is 19.7 Å². The van der Waals surface area contributed by atoms with Crippen molar-refractivity contribution in [2.75, 3.05) is 0 Å². The zero-order valence-corrected chi connectivity index (χ0v) is 9.40. The Hall–Kier alpha value is -1.89. The van der Waals surface area contributed by atoms with Crippen LogP contribution in [0.3, 0.4) is 0 Å². The lowest BCUT2D eigenvalue weighted by atomic mass is 10.3. The first kappa shape index (κ1) is 10.6. The molecule has 0 atom stereocenters. The van der Waals surface area contributed by atoms with Crippen molar-refractivity contribution >= 4 is 17.6 Å². The molecule has 0 bridgehead atoms. The van der Waals surface area contributed by atoms with Crippen molar-refractivity contribution in [2.45, 2.75) is 10.2 Å². The largest absolute Gasteiger partial charge is 0.382 e. The fourth-order valence-corrected chi connectivity index (χ4v) is 1.84. The topological polar surface area (TPSA) is 93.5 Å². The zero-order chi connectivity index (χ0) is 11.5. The van der Waals surface area contributed by atoms with Gasteiger partial charge in [-0.3, -0.25) is 5.41 Å². The van der Waals surface area contributed by atoms with Crippen LogP contribution < -0.4 is 5.73 Å². The first-order chi connectivity index (χ1) is 7.66. The second-order valence-electron chi connectivity index (χ2n) is 3.10. The maximum Gasteiger partial charge on any atom is 0.197 e. The smallest absolute Gasteiger partial charge is 0.197 e. The number of nitrogens with zero attached hydrogens (tertiary/aromatic N) is 4. The molecule has 0 spiro atoms. The molecule has 2 heterocycles. The summed E-state index contributed by atoms with van der Waals surface area (Å²) in [4.78, 5) is 4.22. The molecule has 0 aliphatic rings. The molecule has 2 rings (SSSR count). The Balaban J connectivity index is 2.25. The van der Waals surface area contributed by atoms with Gasteiger partial charge in [-0.15, -0.1) is 10.2 Å². The van der Waals surface area contributed by atoms with Crippen LogP contribution in [0.25, 0.3) is 0 Å². The van der Waals surface area contributed by atoms with Crippen LogP contribution in [0.2, 0.25) is 0 Å². The van der Waals surface area contributed by atoms with E-state index in [0.29, 0.717) is 5.69 Å². The molecule has 0 saturated heterocycles. The van der Waals surface area contributed by atoms with Crippen LogP contribution >= 0.6 is 11.8 Å². The Morgan fingerprint density at radius 3 is 2.94 bits per heavy atom. The molecule has 0 radical (unpaired) electrons. The van der Waals surface area contributed by atoms with Crippen LogP contribution in [0.4, 0.5) is 0 Å². The third-order valence-corrected chi connectivity index (χ3v) is 2.85. The Kier molecular flexibility index (Phi) is 2.86. The molecule has 2 aromatic heterocycles. The fourth-order valence-electron chi connectivity index (χ4n) is 1.08. The highest BCUT2D eigenvalue weighted by Crippen LogP contribution is 2.22. The number of amidine groups is 1. The van der Waals surface area contributed by atoms with Gasteiger partial charge in [-0.2, -0.15) is 0 Å². The van der Waals surface area contributed by atoms with Gasteiger partial charge in [0.2, 0.25) is 0 Å². The summed E-state index contributed by atoms with van der Waals surface area (Å²) in [5.74, 6) is -0.0413. The molecule has 0 unspecified atom stereocenters. The lowest BCUT2D eigenvalue weighted by Crippen LogP contribution is -2.13. The molecule has 7 heteroatoms. The summed E-state index contributed by atoms with van der Waals surface area (Å²) in [6.07, 6.45) is 1.62. The van der Waals surface area contributed by atoms with E-state index in [1.54, 1.807) is 17.0 Å². The van der Waals surface area contributed by atoms with Crippen LogP contribution in [0.15, 0.2) is 34.7 Å². The first-order valence-electron chi connectivity index (χ1n) is 4.50. The number of aromatic nitrogens is 4. The minimum atomic E-state index is -0.0413. The Morgan fingerprint density at radius 2 is 2.31 bits per heavy atom. The van der Waals surface area contributed by atoms with Gasteiger partial charge in [-0.05, 0) is 23.9 Å². The van der Waals surface area contributed by atoms with E-state index in [4.69, 9.17) is 11.1 Å². The highest BCUT2D eigenvalue weighted by molar-refractivity contribution is 7.99. The monoisotopic (exact) mass is 234 g/mol. The Labute approximate surface area is 96.4 Å². The highest BCUT2D eigenvalue weighted by atomic mass is 32.2. The van der Waals surface area contributed by atoms with Crippen molar-refractivity contribution in [3.05, 3.63) is 30.2 Å². The van der Waals surface area contributed by atoms with E-state index in [1.807, 2.05) is 19.2 Å². The van der Waals surface area contributed by atoms with Gasteiger partial charge >= 0.3 is 0 Å². The van der Waals surface area contributed by atoms with Gasteiger partial charge in [0.1, 0.15) is 22.9 Å². The molecule has 3 N–H and O–H groups in total. The van der Waals surface area contributed by atoms with E-state index in [2.05, 4.69) is 15.2 Å². The lowest BCUT2D eigenvalue weighted by Gasteiger charge is -2.01. The van der Waals surface area contributed by atoms with Crippen LogP contribution in [0, 0.1) is 5.41 Å². The van der Waals surface area contributed by atoms with Crippen LogP contribution in [0.1, 0.15) is 5.69 Å². The Morgan fingerprint density at radius 1 is 1.50 bits per heavy atom. The minimum Gasteiger partial charge on any atom is -0.382 e. The molecule has 16 heavy (non-hydrogen) atoms. The standard InChI is InChI=1S/C9H10N6S/c1-15-5-12-14-9(15)16-7-4-2-3-6(13-7)8(10)11/h2-5H,1H3,(H3,10,11). The van der Waals surface area contributed by atoms with Gasteiger partial charge in [-0.1, -0.05) is 6.07 Å². The summed E-state index contributed by atoms with van der Waals surface area (Å²) in [6, 6.07) is 5.34. The number of hydrogen-bond donors (Lipinski definition) is 2. The van der Waals surface area contributed by atoms with E-state index >= 15 is 0 Å². The average molecular weight is 234 g/mol. The molecule has 0 fully saturated rings. The van der Waals surface area contributed by atoms with Gasteiger partial charge in [-0.25, -0.2) is 4.98 Å². The maximum absolute atomic E-state index is 7.30. The number of pyridine rings is 1. The molecule has 82 valence electrons. The van der Waals surface area contributed by atoms with Crippen LogP contribution in [0.5, 0.6) is 0 Å². The van der Waals surface area contributed by atoms with E-state index in [9.17, 15) is 0 Å². The van der Waals surface area contributed by atoms with Gasteiger partial charge < -0.3 is 10.3 Å². The van der Waals surface area contributed by atoms with Crippen LogP contribution in [-0.2, 0) is 7.05 Å². The normalized spacial score (nSPS) is 10.3. The summed E-state index contributed by atoms with van der Waals surface area (Å²) in [7, 11) is 1.86. The molecule has 0 aliphatic heterocycles. The number of nitrogens with one attached hydrogen (secondary N) is 1. The van der Waals surface area contributed by atoms with Crippen molar-refractivity contribution in [2.24, 2.45) is 12.8 Å². The van der Waals surface area contributed by atoms with E-state index in [1.165, 1.54) is 11.8 Å². The van der Waals surface area contributed by atoms with Gasteiger partial charge in [0.25, 0.3) is 0 Å². The minimum absolute atomic E-state index is 0.0413. The second kappa shape index (κ2) is 4.31. The first-order valence-corrected chi connectivity index (χ1v) is 5.32. The van der Waals surface area contributed by atoms with E-state index in [0.717, 1.165) is 10.2 Å². The Bertz CT molecular complexity index is 520. The van der Waals surface area contributed by atoms with E-state index < -0.39 is 0 Å². The summed E-state index contributed by atoms with van der Waals surface area (Å²) in [5, 5.41) is 16.5. The number of aryl methyl sites for hydroxylation is 1. The molecule has 0 aliphatic carbocycles. The predicted octanol–water partition coefficient (Wildman–Crippen LogP) is 0.645. The molecule has 0 saturated carbocycles. The van der Waals surface area contributed by atoms with Crippen molar-refractivity contribution in [3.8, 4) is 0 Å². The second-order valence-corrected chi connectivity index (χ2v) is 4.09. The number of nitrogen functional groups attached to an aromatic ring is 1. The highest BCUT2D eigenvalue weighted by Gasteiger charge is 2.06. The molecular formula is C9H10N6S. The summed E-state index contributed by atoms with van der Waals surface area (Å²) in [5.41, 5.74) is 5.83. The van der Waals surface area contributed by atoms with Crippen LogP contribution in [-0.4, -0.2) is 25.6 Å². The summed E-state index contributed by atoms with van der Waals surface area (Å²) < 4.78 is 1.80. The lowest BCUT2D eigenvalue weighted by molar-refractivity contribution is 0.787.